The lowest BCUT2D eigenvalue weighted by atomic mass is 9.62. The number of aromatic nitrogens is 4. The highest BCUT2D eigenvalue weighted by Gasteiger charge is 2.45. The van der Waals surface area contributed by atoms with E-state index in [1.165, 1.54) is 71.3 Å². The molecule has 0 N–H and O–H groups in total. The summed E-state index contributed by atoms with van der Waals surface area (Å²) in [6.07, 6.45) is 4.77. The maximum absolute atomic E-state index is 2.52. The third kappa shape index (κ3) is 5.56. The maximum Gasteiger partial charge on any atom is 0.426 e. The van der Waals surface area contributed by atoms with Crippen molar-refractivity contribution in [2.45, 2.75) is 0 Å². The quantitative estimate of drug-likeness (QED) is 0.156. The Morgan fingerprint density at radius 3 is 0.986 bits per heavy atom. The molecule has 0 radical (unpaired) electrons. The highest BCUT2D eigenvalue weighted by molar-refractivity contribution is 6.76. The van der Waals surface area contributed by atoms with Crippen molar-refractivity contribution in [2.75, 3.05) is 9.80 Å². The fraction of sp³-hybridized carbons (Fsp3) is 0. The molecule has 15 rings (SSSR count). The molecule has 6 heterocycles. The van der Waals surface area contributed by atoms with Gasteiger partial charge in [0.25, 0.3) is 0 Å². The molecular weight excluding hydrogens is 840 g/mol. The average Bonchev–Trinajstić information content (AvgIpc) is 4.20. The van der Waals surface area contributed by atoms with E-state index >= 15 is 0 Å². The predicted octanol–water partition coefficient (Wildman–Crippen LogP) is 15.2. The SMILES string of the molecule is c1ccc(-c2ccc(N3c4cccc5c4B(n4cc(-n6c7ccccc7c7ccccc76)cc43)n3cc(-n4c6ccccc6c6ccccc64)cc3N5c3ccc(-c4ccccc4)cc3)cc2)cc1. The van der Waals surface area contributed by atoms with Gasteiger partial charge in [-0.2, -0.15) is 0 Å². The molecule has 13 aromatic rings. The minimum atomic E-state index is -0.218. The van der Waals surface area contributed by atoms with Gasteiger partial charge in [0, 0.05) is 74.3 Å². The van der Waals surface area contributed by atoms with Gasteiger partial charge in [-0.15, -0.1) is 0 Å². The molecule has 0 bridgehead atoms. The van der Waals surface area contributed by atoms with Gasteiger partial charge in [0.05, 0.1) is 33.4 Å². The summed E-state index contributed by atoms with van der Waals surface area (Å²) in [7, 11) is 0. The summed E-state index contributed by atoms with van der Waals surface area (Å²) in [6.45, 7) is -0.218. The molecule has 0 aliphatic carbocycles. The van der Waals surface area contributed by atoms with Gasteiger partial charge in [-0.25, -0.2) is 0 Å². The molecule has 0 saturated heterocycles. The molecule has 0 saturated carbocycles. The van der Waals surface area contributed by atoms with Gasteiger partial charge in [0.15, 0.2) is 0 Å². The first kappa shape index (κ1) is 38.0. The Labute approximate surface area is 399 Å². The molecule has 2 aliphatic heterocycles. The minimum absolute atomic E-state index is 0.218. The van der Waals surface area contributed by atoms with Crippen LogP contribution >= 0.6 is 0 Å². The van der Waals surface area contributed by atoms with Crippen molar-refractivity contribution in [2.24, 2.45) is 0 Å². The molecule has 0 spiro atoms. The molecule has 9 aromatic carbocycles. The van der Waals surface area contributed by atoms with E-state index < -0.39 is 0 Å². The van der Waals surface area contributed by atoms with Crippen LogP contribution in [0.3, 0.4) is 0 Å². The molecule has 4 aromatic heterocycles. The fourth-order valence-electron chi connectivity index (χ4n) is 11.6. The first-order valence-electron chi connectivity index (χ1n) is 23.7. The molecule has 0 unspecified atom stereocenters. The Balaban J connectivity index is 1.00. The van der Waals surface area contributed by atoms with E-state index in [2.05, 4.69) is 277 Å². The summed E-state index contributed by atoms with van der Waals surface area (Å²) in [6, 6.07) is 86.3. The number of hydrogen-bond donors (Lipinski definition) is 0. The van der Waals surface area contributed by atoms with E-state index in [-0.39, 0.29) is 6.98 Å². The van der Waals surface area contributed by atoms with Crippen molar-refractivity contribution in [3.05, 3.63) is 249 Å². The number of hydrogen-bond acceptors (Lipinski definition) is 2. The second kappa shape index (κ2) is 14.7. The number of fused-ring (bicyclic) bond motifs is 10. The average molecular weight is 881 g/mol. The number of nitrogens with zero attached hydrogens (tertiary/aromatic N) is 6. The van der Waals surface area contributed by atoms with Crippen LogP contribution in [0.15, 0.2) is 249 Å². The van der Waals surface area contributed by atoms with E-state index in [0.29, 0.717) is 0 Å². The first-order chi connectivity index (χ1) is 34.2. The van der Waals surface area contributed by atoms with Crippen LogP contribution < -0.4 is 15.3 Å². The predicted molar refractivity (Wildman–Crippen MR) is 288 cm³/mol. The number of para-hydroxylation sites is 4. The van der Waals surface area contributed by atoms with Crippen molar-refractivity contribution in [1.82, 2.24) is 18.1 Å². The lowest BCUT2D eigenvalue weighted by Gasteiger charge is -2.43. The largest absolute Gasteiger partial charge is 0.426 e. The van der Waals surface area contributed by atoms with Gasteiger partial charge in [-0.05, 0) is 82.9 Å². The number of benzene rings is 9. The van der Waals surface area contributed by atoms with Crippen molar-refractivity contribution < 1.29 is 0 Å². The topological polar surface area (TPSA) is 26.2 Å². The zero-order chi connectivity index (χ0) is 45.2. The van der Waals surface area contributed by atoms with Gasteiger partial charge in [-0.1, -0.05) is 164 Å². The summed E-state index contributed by atoms with van der Waals surface area (Å²) >= 11 is 0. The molecule has 6 nitrogen and oxygen atoms in total. The summed E-state index contributed by atoms with van der Waals surface area (Å²) in [5.74, 6) is 2.18. The molecular formula is C62H41BN6. The zero-order valence-electron chi connectivity index (χ0n) is 37.4. The van der Waals surface area contributed by atoms with Crippen LogP contribution in [0.25, 0.3) is 77.2 Å². The normalized spacial score (nSPS) is 12.8. The lowest BCUT2D eigenvalue weighted by molar-refractivity contribution is 0.999. The molecule has 0 amide bonds. The van der Waals surface area contributed by atoms with Crippen LogP contribution in [0.4, 0.5) is 34.4 Å². The second-order valence-corrected chi connectivity index (χ2v) is 18.2. The van der Waals surface area contributed by atoms with E-state index in [9.17, 15) is 0 Å². The molecule has 2 aliphatic rings. The van der Waals surface area contributed by atoms with Crippen LogP contribution in [0.2, 0.25) is 0 Å². The number of rotatable bonds is 6. The minimum Gasteiger partial charge on any atom is -0.351 e. The van der Waals surface area contributed by atoms with Gasteiger partial charge in [0.2, 0.25) is 0 Å². The lowest BCUT2D eigenvalue weighted by Crippen LogP contribution is -2.55. The highest BCUT2D eigenvalue weighted by atomic mass is 15.3. The van der Waals surface area contributed by atoms with Gasteiger partial charge in [0.1, 0.15) is 11.6 Å². The fourth-order valence-corrected chi connectivity index (χ4v) is 11.6. The van der Waals surface area contributed by atoms with Crippen LogP contribution in [-0.2, 0) is 0 Å². The summed E-state index contributed by atoms with van der Waals surface area (Å²) in [4.78, 5) is 4.95. The van der Waals surface area contributed by atoms with E-state index in [1.54, 1.807) is 0 Å². The Hall–Kier alpha value is -9.20. The monoisotopic (exact) mass is 880 g/mol. The van der Waals surface area contributed by atoms with Crippen molar-refractivity contribution in [3.63, 3.8) is 0 Å². The van der Waals surface area contributed by atoms with Crippen LogP contribution in [-0.4, -0.2) is 25.1 Å². The standard InChI is InChI=1S/C62H41BN6/c1-3-16-42(17-4-1)44-30-34-46(35-31-44)68-58-28-15-29-59-62(58)63(64-40-48(38-60(64)68)66-54-24-11-7-20-50(54)51-21-8-12-25-55(51)66)65-41-49(67-56-26-13-9-22-52(56)53-23-10-14-27-57(53)67)39-61(65)69(59)47-36-32-45(33-37-47)43-18-5-2-6-19-43/h1-41H. The highest BCUT2D eigenvalue weighted by Crippen LogP contribution is 2.49. The van der Waals surface area contributed by atoms with Crippen LogP contribution in [0.1, 0.15) is 0 Å². The van der Waals surface area contributed by atoms with Crippen molar-refractivity contribution in [1.29, 1.82) is 0 Å². The molecule has 0 fully saturated rings. The smallest absolute Gasteiger partial charge is 0.351 e. The van der Waals surface area contributed by atoms with Crippen LogP contribution in [0.5, 0.6) is 0 Å². The molecule has 69 heavy (non-hydrogen) atoms. The second-order valence-electron chi connectivity index (χ2n) is 18.2. The van der Waals surface area contributed by atoms with E-state index in [0.717, 1.165) is 45.8 Å². The van der Waals surface area contributed by atoms with E-state index in [4.69, 9.17) is 0 Å². The van der Waals surface area contributed by atoms with Gasteiger partial charge in [-0.3, -0.25) is 9.80 Å². The Morgan fingerprint density at radius 2 is 0.609 bits per heavy atom. The summed E-state index contributed by atoms with van der Waals surface area (Å²) in [5.41, 5.74) is 17.4. The Kier molecular flexibility index (Phi) is 8.06. The molecule has 322 valence electrons. The van der Waals surface area contributed by atoms with E-state index in [1.807, 2.05) is 0 Å². The van der Waals surface area contributed by atoms with Crippen molar-refractivity contribution in [3.8, 4) is 33.6 Å². The maximum atomic E-state index is 2.52. The molecule has 0 atom stereocenters. The number of anilines is 6. The van der Waals surface area contributed by atoms with Crippen LogP contribution in [0, 0.1) is 0 Å². The summed E-state index contributed by atoms with van der Waals surface area (Å²) < 4.78 is 9.93. The molecule has 7 heteroatoms. The van der Waals surface area contributed by atoms with Crippen molar-refractivity contribution >= 4 is 90.4 Å². The third-order valence-electron chi connectivity index (χ3n) is 14.6. The Bertz CT molecular complexity index is 3770. The van der Waals surface area contributed by atoms with Gasteiger partial charge < -0.3 is 18.1 Å². The third-order valence-corrected chi connectivity index (χ3v) is 14.6. The zero-order valence-corrected chi connectivity index (χ0v) is 37.4. The van der Waals surface area contributed by atoms with Gasteiger partial charge >= 0.3 is 6.98 Å². The summed E-state index contributed by atoms with van der Waals surface area (Å²) in [5, 5.41) is 4.97. The Morgan fingerprint density at radius 1 is 0.275 bits per heavy atom. The first-order valence-corrected chi connectivity index (χ1v) is 23.7.